The summed E-state index contributed by atoms with van der Waals surface area (Å²) in [6, 6.07) is 6.10. The van der Waals surface area contributed by atoms with Gasteiger partial charge in [0, 0.05) is 15.3 Å². The van der Waals surface area contributed by atoms with Crippen LogP contribution in [0.1, 0.15) is 153 Å². The first kappa shape index (κ1) is 38.1. The van der Waals surface area contributed by atoms with E-state index in [1.54, 1.807) is 28.7 Å². The Kier molecular flexibility index (Phi) is 17.8. The maximum atomic E-state index is 16.0. The summed E-state index contributed by atoms with van der Waals surface area (Å²) in [6.07, 6.45) is 28.8. The molecule has 0 saturated heterocycles. The van der Waals surface area contributed by atoms with Gasteiger partial charge in [-0.2, -0.15) is 8.75 Å². The standard InChI is InChI=1S/C38H53Br2FN2S3/c1-3-5-7-9-11-13-15-17-19-21-23-28-25-32(44-37(28)39)30-27-31(41)34(36-35(30)42-46-43-36)33-26-29(38(40)45-33)24-22-20-18-16-14-12-10-8-6-4-2/h25-27H,3-24H2,1-2H3. The molecule has 8 heteroatoms. The van der Waals surface area contributed by atoms with Crippen molar-refractivity contribution in [3.8, 4) is 20.9 Å². The van der Waals surface area contributed by atoms with Gasteiger partial charge >= 0.3 is 0 Å². The minimum atomic E-state index is -0.213. The Labute approximate surface area is 307 Å². The van der Waals surface area contributed by atoms with Crippen molar-refractivity contribution in [3.05, 3.63) is 42.7 Å². The Bertz CT molecular complexity index is 1440. The highest BCUT2D eigenvalue weighted by Gasteiger charge is 2.22. The van der Waals surface area contributed by atoms with E-state index in [-0.39, 0.29) is 5.82 Å². The third kappa shape index (κ3) is 11.7. The van der Waals surface area contributed by atoms with Crippen LogP contribution in [0.25, 0.3) is 31.9 Å². The number of rotatable bonds is 24. The molecule has 0 atom stereocenters. The molecule has 4 rings (SSSR count). The number of thiophene rings is 2. The topological polar surface area (TPSA) is 25.8 Å². The summed E-state index contributed by atoms with van der Waals surface area (Å²) in [4.78, 5) is 2.00. The summed E-state index contributed by atoms with van der Waals surface area (Å²) in [7, 11) is 0. The minimum absolute atomic E-state index is 0.213. The average Bonchev–Trinajstić information content (AvgIpc) is 3.77. The lowest BCUT2D eigenvalue weighted by Crippen LogP contribution is -1.89. The van der Waals surface area contributed by atoms with Gasteiger partial charge in [-0.15, -0.1) is 22.7 Å². The molecule has 0 radical (unpaired) electrons. The van der Waals surface area contributed by atoms with E-state index in [0.717, 1.165) is 41.2 Å². The van der Waals surface area contributed by atoms with E-state index in [0.29, 0.717) is 11.1 Å². The Morgan fingerprint density at radius 1 is 0.543 bits per heavy atom. The number of halogens is 3. The normalized spacial score (nSPS) is 11.8. The molecule has 4 aromatic rings. The fraction of sp³-hybridized carbons (Fsp3) is 0.632. The summed E-state index contributed by atoms with van der Waals surface area (Å²) in [5.74, 6) is -0.213. The fourth-order valence-corrected chi connectivity index (χ4v) is 10.5. The van der Waals surface area contributed by atoms with E-state index in [1.165, 1.54) is 151 Å². The van der Waals surface area contributed by atoms with Gasteiger partial charge in [-0.1, -0.05) is 129 Å². The zero-order valence-electron chi connectivity index (χ0n) is 28.0. The van der Waals surface area contributed by atoms with E-state index in [9.17, 15) is 0 Å². The van der Waals surface area contributed by atoms with Gasteiger partial charge in [0.1, 0.15) is 16.9 Å². The van der Waals surface area contributed by atoms with Crippen LogP contribution >= 0.6 is 66.3 Å². The number of aromatic nitrogens is 2. The second-order valence-corrected chi connectivity index (χ2v) is 18.2. The van der Waals surface area contributed by atoms with Crippen molar-refractivity contribution in [2.45, 2.75) is 155 Å². The molecule has 0 aliphatic heterocycles. The fourth-order valence-electron chi connectivity index (χ4n) is 6.35. The molecule has 0 aliphatic carbocycles. The maximum Gasteiger partial charge on any atom is 0.134 e. The van der Waals surface area contributed by atoms with Crippen molar-refractivity contribution in [1.29, 1.82) is 0 Å². The van der Waals surface area contributed by atoms with Crippen LogP contribution in [0.5, 0.6) is 0 Å². The number of nitrogens with zero attached hydrogens (tertiary/aromatic N) is 2. The molecule has 3 heterocycles. The highest BCUT2D eigenvalue weighted by atomic mass is 79.9. The Hall–Kier alpha value is -0.670. The number of fused-ring (bicyclic) bond motifs is 1. The van der Waals surface area contributed by atoms with Crippen molar-refractivity contribution >= 4 is 77.3 Å². The molecule has 0 bridgehead atoms. The molecule has 0 aliphatic rings. The Morgan fingerprint density at radius 2 is 0.957 bits per heavy atom. The average molecular weight is 813 g/mol. The second kappa shape index (κ2) is 21.4. The van der Waals surface area contributed by atoms with Gasteiger partial charge in [0.05, 0.1) is 24.9 Å². The van der Waals surface area contributed by atoms with Gasteiger partial charge in [0.15, 0.2) is 0 Å². The SMILES string of the molecule is CCCCCCCCCCCCc1cc(-c2cc(F)c(-c3cc(CCCCCCCCCCCC)c(Br)s3)c3nsnc23)sc1Br. The predicted octanol–water partition coefficient (Wildman–Crippen LogP) is 15.7. The molecule has 1 aromatic carbocycles. The van der Waals surface area contributed by atoms with Gasteiger partial charge in [-0.25, -0.2) is 4.39 Å². The van der Waals surface area contributed by atoms with Crippen molar-refractivity contribution in [1.82, 2.24) is 8.75 Å². The van der Waals surface area contributed by atoms with Crippen LogP contribution in [0.2, 0.25) is 0 Å². The molecule has 0 spiro atoms. The molecule has 3 aromatic heterocycles. The predicted molar refractivity (Wildman–Crippen MR) is 210 cm³/mol. The highest BCUT2D eigenvalue weighted by Crippen LogP contribution is 2.45. The third-order valence-electron chi connectivity index (χ3n) is 9.12. The molecule has 0 saturated carbocycles. The number of unbranched alkanes of at least 4 members (excludes halogenated alkanes) is 18. The molecule has 0 N–H and O–H groups in total. The van der Waals surface area contributed by atoms with Gasteiger partial charge in [0.2, 0.25) is 0 Å². The minimum Gasteiger partial charge on any atom is -0.206 e. The largest absolute Gasteiger partial charge is 0.206 e. The van der Waals surface area contributed by atoms with Crippen molar-refractivity contribution in [2.24, 2.45) is 0 Å². The van der Waals surface area contributed by atoms with Crippen molar-refractivity contribution in [2.75, 3.05) is 0 Å². The van der Waals surface area contributed by atoms with Gasteiger partial charge in [-0.3, -0.25) is 0 Å². The molecule has 0 amide bonds. The summed E-state index contributed by atoms with van der Waals surface area (Å²) in [5.41, 5.74) is 5.53. The van der Waals surface area contributed by atoms with Gasteiger partial charge < -0.3 is 0 Å². The van der Waals surface area contributed by atoms with Crippen LogP contribution in [-0.2, 0) is 12.8 Å². The summed E-state index contributed by atoms with van der Waals surface area (Å²) in [6.45, 7) is 4.55. The second-order valence-electron chi connectivity index (χ2n) is 12.9. The first-order valence-electron chi connectivity index (χ1n) is 18.0. The zero-order chi connectivity index (χ0) is 32.6. The molecule has 254 valence electrons. The van der Waals surface area contributed by atoms with E-state index < -0.39 is 0 Å². The highest BCUT2D eigenvalue weighted by molar-refractivity contribution is 9.11. The van der Waals surface area contributed by atoms with Crippen molar-refractivity contribution in [3.63, 3.8) is 0 Å². The number of benzene rings is 1. The van der Waals surface area contributed by atoms with E-state index in [2.05, 4.69) is 66.6 Å². The number of hydrogen-bond donors (Lipinski definition) is 0. The molecule has 0 fully saturated rings. The lowest BCUT2D eigenvalue weighted by molar-refractivity contribution is 0.556. The number of hydrogen-bond acceptors (Lipinski definition) is 5. The quantitative estimate of drug-likeness (QED) is 0.0659. The third-order valence-corrected chi connectivity index (χ3v) is 13.6. The smallest absolute Gasteiger partial charge is 0.134 e. The van der Waals surface area contributed by atoms with Gasteiger partial charge in [-0.05, 0) is 86.9 Å². The van der Waals surface area contributed by atoms with Crippen LogP contribution in [0.3, 0.4) is 0 Å². The Morgan fingerprint density at radius 3 is 1.46 bits per heavy atom. The molecular formula is C38H53Br2FN2S3. The van der Waals surface area contributed by atoms with Crippen LogP contribution in [0.15, 0.2) is 25.8 Å². The first-order valence-corrected chi connectivity index (χ1v) is 22.0. The van der Waals surface area contributed by atoms with Crippen molar-refractivity contribution < 1.29 is 4.39 Å². The molecule has 46 heavy (non-hydrogen) atoms. The molecule has 2 nitrogen and oxygen atoms in total. The lowest BCUT2D eigenvalue weighted by Gasteiger charge is -2.06. The van der Waals surface area contributed by atoms with E-state index >= 15 is 4.39 Å². The van der Waals surface area contributed by atoms with Crippen LogP contribution < -0.4 is 0 Å². The Balaban J connectivity index is 1.31. The first-order chi connectivity index (χ1) is 22.5. The van der Waals surface area contributed by atoms with E-state index in [1.807, 2.05) is 0 Å². The molecule has 0 unspecified atom stereocenters. The van der Waals surface area contributed by atoms with Gasteiger partial charge in [0.25, 0.3) is 0 Å². The lowest BCUT2D eigenvalue weighted by atomic mass is 10.0. The molecular weight excluding hydrogens is 759 g/mol. The van der Waals surface area contributed by atoms with Crippen LogP contribution in [0, 0.1) is 5.82 Å². The maximum absolute atomic E-state index is 16.0. The summed E-state index contributed by atoms with van der Waals surface area (Å²) in [5, 5.41) is 0. The zero-order valence-corrected chi connectivity index (χ0v) is 33.7. The van der Waals surface area contributed by atoms with Crippen LogP contribution in [-0.4, -0.2) is 8.75 Å². The monoisotopic (exact) mass is 810 g/mol. The number of aryl methyl sites for hydroxylation is 2. The summed E-state index contributed by atoms with van der Waals surface area (Å²) < 4.78 is 27.5. The summed E-state index contributed by atoms with van der Waals surface area (Å²) >= 11 is 12.1. The van der Waals surface area contributed by atoms with E-state index in [4.69, 9.17) is 0 Å². The van der Waals surface area contributed by atoms with Crippen LogP contribution in [0.4, 0.5) is 4.39 Å².